The molecular formula is C21H25N5O. The van der Waals surface area contributed by atoms with Crippen molar-refractivity contribution in [3.05, 3.63) is 60.0 Å². The third kappa shape index (κ3) is 4.01. The van der Waals surface area contributed by atoms with Crippen LogP contribution in [-0.2, 0) is 11.2 Å². The number of carbonyl (C=O) groups excluding carboxylic acids is 1. The van der Waals surface area contributed by atoms with E-state index >= 15 is 0 Å². The van der Waals surface area contributed by atoms with Gasteiger partial charge in [-0.3, -0.25) is 14.1 Å². The molecule has 3 aromatic rings. The number of pyridine rings is 1. The van der Waals surface area contributed by atoms with Crippen LogP contribution in [0.15, 0.2) is 48.7 Å². The summed E-state index contributed by atoms with van der Waals surface area (Å²) in [5.74, 6) is 1.47. The Bertz CT molecular complexity index is 910. The number of nitrogens with zero attached hydrogens (tertiary/aromatic N) is 4. The first-order valence-electron chi connectivity index (χ1n) is 9.63. The molecule has 1 aliphatic rings. The van der Waals surface area contributed by atoms with Crippen LogP contribution in [0.3, 0.4) is 0 Å². The van der Waals surface area contributed by atoms with Crippen LogP contribution >= 0.6 is 0 Å². The molecule has 0 radical (unpaired) electrons. The summed E-state index contributed by atoms with van der Waals surface area (Å²) in [5, 5.41) is 11.6. The van der Waals surface area contributed by atoms with Crippen molar-refractivity contribution in [2.75, 3.05) is 25.0 Å². The molecule has 2 aromatic heterocycles. The molecule has 1 aliphatic heterocycles. The molecule has 0 aliphatic carbocycles. The number of nitrogens with one attached hydrogen (secondary N) is 1. The third-order valence-corrected chi connectivity index (χ3v) is 5.31. The van der Waals surface area contributed by atoms with E-state index in [2.05, 4.69) is 43.9 Å². The molecule has 6 heteroatoms. The van der Waals surface area contributed by atoms with Gasteiger partial charge in [-0.15, -0.1) is 10.2 Å². The number of hydrogen-bond donors (Lipinski definition) is 1. The molecule has 0 bridgehead atoms. The van der Waals surface area contributed by atoms with Gasteiger partial charge in [0.1, 0.15) is 5.82 Å². The molecule has 1 fully saturated rings. The van der Waals surface area contributed by atoms with E-state index in [1.54, 1.807) is 0 Å². The van der Waals surface area contributed by atoms with Crippen LogP contribution in [0.1, 0.15) is 37.1 Å². The van der Waals surface area contributed by atoms with E-state index in [1.807, 2.05) is 36.5 Å². The summed E-state index contributed by atoms with van der Waals surface area (Å²) in [4.78, 5) is 14.6. The second-order valence-corrected chi connectivity index (χ2v) is 7.14. The van der Waals surface area contributed by atoms with E-state index in [9.17, 15) is 4.79 Å². The smallest absolute Gasteiger partial charge is 0.238 e. The number of piperidine rings is 1. The fraction of sp³-hybridized carbons (Fsp3) is 0.381. The Labute approximate surface area is 159 Å². The Morgan fingerprint density at radius 3 is 2.63 bits per heavy atom. The summed E-state index contributed by atoms with van der Waals surface area (Å²) in [6.07, 6.45) is 5.02. The minimum atomic E-state index is 0.0469. The topological polar surface area (TPSA) is 62.5 Å². The van der Waals surface area contributed by atoms with Crippen LogP contribution in [0.2, 0.25) is 0 Å². The van der Waals surface area contributed by atoms with Gasteiger partial charge in [-0.25, -0.2) is 0 Å². The van der Waals surface area contributed by atoms with Gasteiger partial charge in [0.05, 0.1) is 6.54 Å². The summed E-state index contributed by atoms with van der Waals surface area (Å²) >= 11 is 0. The predicted molar refractivity (Wildman–Crippen MR) is 106 cm³/mol. The molecule has 0 atom stereocenters. The first kappa shape index (κ1) is 17.7. The van der Waals surface area contributed by atoms with Gasteiger partial charge in [-0.2, -0.15) is 0 Å². The first-order valence-corrected chi connectivity index (χ1v) is 9.63. The summed E-state index contributed by atoms with van der Waals surface area (Å²) < 4.78 is 2.08. The van der Waals surface area contributed by atoms with Crippen LogP contribution in [-0.4, -0.2) is 45.0 Å². The van der Waals surface area contributed by atoms with Crippen LogP contribution in [0.25, 0.3) is 5.65 Å². The highest BCUT2D eigenvalue weighted by molar-refractivity contribution is 5.92. The van der Waals surface area contributed by atoms with E-state index in [0.717, 1.165) is 49.5 Å². The Morgan fingerprint density at radius 2 is 1.89 bits per heavy atom. The molecule has 0 spiro atoms. The van der Waals surface area contributed by atoms with Crippen molar-refractivity contribution in [1.29, 1.82) is 0 Å². The SMILES string of the molecule is CCc1ccc(NC(=O)CN2CCC(c3nnc4ccccn34)CC2)cc1. The van der Waals surface area contributed by atoms with Gasteiger partial charge in [0.25, 0.3) is 0 Å². The van der Waals surface area contributed by atoms with Gasteiger partial charge < -0.3 is 5.32 Å². The number of carbonyl (C=O) groups is 1. The number of anilines is 1. The van der Waals surface area contributed by atoms with E-state index in [1.165, 1.54) is 5.56 Å². The number of hydrogen-bond acceptors (Lipinski definition) is 4. The summed E-state index contributed by atoms with van der Waals surface area (Å²) in [7, 11) is 0. The fourth-order valence-corrected chi connectivity index (χ4v) is 3.71. The molecule has 4 rings (SSSR count). The summed E-state index contributed by atoms with van der Waals surface area (Å²) in [5.41, 5.74) is 3.03. The Balaban J connectivity index is 1.30. The van der Waals surface area contributed by atoms with Crippen molar-refractivity contribution in [1.82, 2.24) is 19.5 Å². The molecule has 0 saturated carbocycles. The number of amides is 1. The van der Waals surface area contributed by atoms with Crippen LogP contribution in [0.4, 0.5) is 5.69 Å². The molecule has 27 heavy (non-hydrogen) atoms. The zero-order valence-electron chi connectivity index (χ0n) is 15.6. The van der Waals surface area contributed by atoms with Crippen molar-refractivity contribution >= 4 is 17.2 Å². The number of fused-ring (bicyclic) bond motifs is 1. The van der Waals surface area contributed by atoms with Gasteiger partial charge in [0, 0.05) is 17.8 Å². The van der Waals surface area contributed by atoms with Crippen LogP contribution in [0, 0.1) is 0 Å². The second kappa shape index (κ2) is 7.88. The van der Waals surface area contributed by atoms with Gasteiger partial charge in [0.2, 0.25) is 5.91 Å². The molecule has 1 amide bonds. The lowest BCUT2D eigenvalue weighted by atomic mass is 9.96. The van der Waals surface area contributed by atoms with Crippen LogP contribution in [0.5, 0.6) is 0 Å². The van der Waals surface area contributed by atoms with Gasteiger partial charge in [-0.05, 0) is 62.2 Å². The Morgan fingerprint density at radius 1 is 1.11 bits per heavy atom. The largest absolute Gasteiger partial charge is 0.325 e. The second-order valence-electron chi connectivity index (χ2n) is 7.14. The Kier molecular flexibility index (Phi) is 5.16. The van der Waals surface area contributed by atoms with Gasteiger partial charge >= 0.3 is 0 Å². The highest BCUT2D eigenvalue weighted by Crippen LogP contribution is 2.27. The lowest BCUT2D eigenvalue weighted by molar-refractivity contribution is -0.117. The molecular weight excluding hydrogens is 338 g/mol. The highest BCUT2D eigenvalue weighted by Gasteiger charge is 2.25. The molecule has 3 heterocycles. The minimum absolute atomic E-state index is 0.0469. The number of aryl methyl sites for hydroxylation is 1. The van der Waals surface area contributed by atoms with E-state index in [4.69, 9.17) is 0 Å². The monoisotopic (exact) mass is 363 g/mol. The molecule has 140 valence electrons. The van der Waals surface area contributed by atoms with E-state index < -0.39 is 0 Å². The van der Waals surface area contributed by atoms with Crippen molar-refractivity contribution in [3.63, 3.8) is 0 Å². The number of aromatic nitrogens is 3. The summed E-state index contributed by atoms with van der Waals surface area (Å²) in [6, 6.07) is 14.0. The first-order chi connectivity index (χ1) is 13.2. The zero-order valence-corrected chi connectivity index (χ0v) is 15.6. The quantitative estimate of drug-likeness (QED) is 0.757. The maximum atomic E-state index is 12.3. The average molecular weight is 363 g/mol. The van der Waals surface area contributed by atoms with E-state index in [0.29, 0.717) is 12.5 Å². The number of likely N-dealkylation sites (tertiary alicyclic amines) is 1. The predicted octanol–water partition coefficient (Wildman–Crippen LogP) is 3.11. The molecule has 6 nitrogen and oxygen atoms in total. The van der Waals surface area contributed by atoms with Crippen molar-refractivity contribution in [2.24, 2.45) is 0 Å². The third-order valence-electron chi connectivity index (χ3n) is 5.31. The van der Waals surface area contributed by atoms with Gasteiger partial charge in [-0.1, -0.05) is 25.1 Å². The fourth-order valence-electron chi connectivity index (χ4n) is 3.71. The van der Waals surface area contributed by atoms with Crippen molar-refractivity contribution in [2.45, 2.75) is 32.1 Å². The average Bonchev–Trinajstić information content (AvgIpc) is 3.13. The number of rotatable bonds is 5. The van der Waals surface area contributed by atoms with Crippen molar-refractivity contribution < 1.29 is 4.79 Å². The molecule has 1 saturated heterocycles. The molecule has 1 aromatic carbocycles. The highest BCUT2D eigenvalue weighted by atomic mass is 16.2. The van der Waals surface area contributed by atoms with Crippen molar-refractivity contribution in [3.8, 4) is 0 Å². The normalized spacial score (nSPS) is 15.9. The molecule has 1 N–H and O–H groups in total. The maximum absolute atomic E-state index is 12.3. The van der Waals surface area contributed by atoms with Gasteiger partial charge in [0.15, 0.2) is 5.65 Å². The molecule has 0 unspecified atom stereocenters. The van der Waals surface area contributed by atoms with E-state index in [-0.39, 0.29) is 5.91 Å². The van der Waals surface area contributed by atoms with Crippen LogP contribution < -0.4 is 5.32 Å². The standard InChI is InChI=1S/C21H25N5O/c1-2-16-6-8-18(9-7-16)22-20(27)15-25-13-10-17(11-14-25)21-24-23-19-5-3-4-12-26(19)21/h3-9,12,17H,2,10-11,13-15H2,1H3,(H,22,27). The zero-order chi connectivity index (χ0) is 18.6. The Hall–Kier alpha value is -2.73. The lowest BCUT2D eigenvalue weighted by Crippen LogP contribution is -2.39. The maximum Gasteiger partial charge on any atom is 0.238 e. The number of benzene rings is 1. The lowest BCUT2D eigenvalue weighted by Gasteiger charge is -2.30. The summed E-state index contributed by atoms with van der Waals surface area (Å²) in [6.45, 7) is 4.35. The minimum Gasteiger partial charge on any atom is -0.325 e.